The number of aryl methyl sites for hydroxylation is 1. The van der Waals surface area contributed by atoms with Crippen LogP contribution in [-0.4, -0.2) is 5.71 Å². The molecule has 0 radical (unpaired) electrons. The second-order valence-electron chi connectivity index (χ2n) is 5.65. The van der Waals surface area contributed by atoms with Crippen LogP contribution in [0.15, 0.2) is 72.3 Å². The third-order valence-electron chi connectivity index (χ3n) is 3.93. The zero-order valence-corrected chi connectivity index (χ0v) is 15.5. The number of nitrogens with one attached hydrogen (secondary N) is 1. The van der Waals surface area contributed by atoms with Gasteiger partial charge in [-0.1, -0.05) is 30.4 Å². The molecule has 5 N–H and O–H groups in total. The van der Waals surface area contributed by atoms with Gasteiger partial charge < -0.3 is 16.9 Å². The Bertz CT molecular complexity index is 845. The van der Waals surface area contributed by atoms with Crippen LogP contribution in [0.5, 0.6) is 0 Å². The number of nitrogen functional groups attached to an aromatic ring is 2. The maximum atomic E-state index is 7.69. The zero-order chi connectivity index (χ0) is 16.4. The smallest absolute Gasteiger partial charge is 0.0540 e. The van der Waals surface area contributed by atoms with E-state index in [-0.39, 0.29) is 24.8 Å². The van der Waals surface area contributed by atoms with Gasteiger partial charge in [-0.15, -0.1) is 24.8 Å². The molecular formula is C20H21Cl2N3. The average molecular weight is 374 g/mol. The summed E-state index contributed by atoms with van der Waals surface area (Å²) in [5.41, 5.74) is 19.2. The molecule has 0 aliphatic heterocycles. The van der Waals surface area contributed by atoms with E-state index in [2.05, 4.69) is 6.07 Å². The monoisotopic (exact) mass is 373 g/mol. The highest BCUT2D eigenvalue weighted by Gasteiger charge is 2.11. The Labute approximate surface area is 160 Å². The summed E-state index contributed by atoms with van der Waals surface area (Å²) in [6.07, 6.45) is 7.55. The lowest BCUT2D eigenvalue weighted by atomic mass is 9.90. The Morgan fingerprint density at radius 3 is 1.92 bits per heavy atom. The molecule has 0 unspecified atom stereocenters. The van der Waals surface area contributed by atoms with Crippen molar-refractivity contribution in [1.29, 1.82) is 5.41 Å². The van der Waals surface area contributed by atoms with E-state index < -0.39 is 0 Å². The van der Waals surface area contributed by atoms with E-state index in [0.717, 1.165) is 39.2 Å². The number of hydrogen-bond donors (Lipinski definition) is 3. The number of hydrogen-bond acceptors (Lipinski definition) is 3. The lowest BCUT2D eigenvalue weighted by Crippen LogP contribution is -1.99. The van der Waals surface area contributed by atoms with Crippen LogP contribution in [0.2, 0.25) is 0 Å². The molecule has 2 aromatic carbocycles. The number of halogens is 2. The first-order valence-corrected chi connectivity index (χ1v) is 7.46. The van der Waals surface area contributed by atoms with Crippen molar-refractivity contribution in [3.8, 4) is 0 Å². The first kappa shape index (κ1) is 20.6. The Kier molecular flexibility index (Phi) is 7.04. The first-order valence-electron chi connectivity index (χ1n) is 7.46. The zero-order valence-electron chi connectivity index (χ0n) is 13.8. The van der Waals surface area contributed by atoms with E-state index in [4.69, 9.17) is 16.9 Å². The fraction of sp³-hybridized carbons (Fsp3) is 0.0500. The van der Waals surface area contributed by atoms with Crippen LogP contribution in [0.4, 0.5) is 11.4 Å². The molecule has 0 amide bonds. The molecule has 0 bridgehead atoms. The van der Waals surface area contributed by atoms with Crippen LogP contribution in [-0.2, 0) is 0 Å². The second kappa shape index (κ2) is 8.56. The molecule has 0 spiro atoms. The molecule has 5 heteroatoms. The number of rotatable bonds is 2. The minimum atomic E-state index is 0. The van der Waals surface area contributed by atoms with Crippen molar-refractivity contribution in [3.05, 3.63) is 89.0 Å². The predicted molar refractivity (Wildman–Crippen MR) is 113 cm³/mol. The summed E-state index contributed by atoms with van der Waals surface area (Å²) in [5, 5.41) is 7.69. The molecule has 0 aromatic heterocycles. The Morgan fingerprint density at radius 1 is 0.800 bits per heavy atom. The average Bonchev–Trinajstić information content (AvgIpc) is 2.55. The largest absolute Gasteiger partial charge is 0.399 e. The number of anilines is 2. The molecular weight excluding hydrogens is 353 g/mol. The van der Waals surface area contributed by atoms with Crippen LogP contribution in [0.25, 0.3) is 5.57 Å². The molecule has 130 valence electrons. The summed E-state index contributed by atoms with van der Waals surface area (Å²) >= 11 is 0. The Hall–Kier alpha value is -2.49. The van der Waals surface area contributed by atoms with Gasteiger partial charge in [0.05, 0.1) is 5.71 Å². The van der Waals surface area contributed by atoms with E-state index in [9.17, 15) is 0 Å². The Balaban J connectivity index is 0.00000156. The lowest BCUT2D eigenvalue weighted by Gasteiger charge is -2.15. The van der Waals surface area contributed by atoms with Crippen molar-refractivity contribution in [2.45, 2.75) is 6.92 Å². The van der Waals surface area contributed by atoms with Crippen LogP contribution in [0.1, 0.15) is 16.7 Å². The molecule has 0 saturated heterocycles. The quantitative estimate of drug-likeness (QED) is 0.651. The maximum absolute atomic E-state index is 7.69. The highest BCUT2D eigenvalue weighted by Crippen LogP contribution is 2.31. The highest BCUT2D eigenvalue weighted by atomic mass is 35.5. The van der Waals surface area contributed by atoms with Crippen molar-refractivity contribution in [2.24, 2.45) is 0 Å². The Morgan fingerprint density at radius 2 is 1.36 bits per heavy atom. The summed E-state index contributed by atoms with van der Waals surface area (Å²) in [6.45, 7) is 2.01. The number of nitrogens with two attached hydrogens (primary N) is 2. The fourth-order valence-electron chi connectivity index (χ4n) is 2.62. The van der Waals surface area contributed by atoms with Gasteiger partial charge in [-0.25, -0.2) is 0 Å². The third kappa shape index (κ3) is 4.53. The third-order valence-corrected chi connectivity index (χ3v) is 3.93. The molecule has 3 nitrogen and oxygen atoms in total. The molecule has 2 aromatic rings. The highest BCUT2D eigenvalue weighted by molar-refractivity contribution is 6.05. The van der Waals surface area contributed by atoms with Crippen molar-refractivity contribution in [2.75, 3.05) is 11.5 Å². The van der Waals surface area contributed by atoms with Crippen LogP contribution in [0, 0.1) is 12.3 Å². The molecule has 3 rings (SSSR count). The van der Waals surface area contributed by atoms with E-state index in [0.29, 0.717) is 5.71 Å². The SMILES string of the molecule is Cc1cc(C(=C2C=CC(=N)C=C2)c2ccc(N)cc2)ccc1N.Cl.Cl. The van der Waals surface area contributed by atoms with Crippen LogP contribution < -0.4 is 11.5 Å². The van der Waals surface area contributed by atoms with Gasteiger partial charge in [-0.05, 0) is 71.2 Å². The van der Waals surface area contributed by atoms with Crippen LogP contribution in [0.3, 0.4) is 0 Å². The molecule has 1 aliphatic carbocycles. The molecule has 0 heterocycles. The minimum absolute atomic E-state index is 0. The van der Waals surface area contributed by atoms with Gasteiger partial charge in [-0.3, -0.25) is 0 Å². The van der Waals surface area contributed by atoms with Gasteiger partial charge in [0.1, 0.15) is 0 Å². The first-order chi connectivity index (χ1) is 11.0. The van der Waals surface area contributed by atoms with Gasteiger partial charge >= 0.3 is 0 Å². The van der Waals surface area contributed by atoms with Gasteiger partial charge in [0.25, 0.3) is 0 Å². The maximum Gasteiger partial charge on any atom is 0.0540 e. The van der Waals surface area contributed by atoms with Crippen molar-refractivity contribution >= 4 is 47.5 Å². The minimum Gasteiger partial charge on any atom is -0.399 e. The fourth-order valence-corrected chi connectivity index (χ4v) is 2.62. The molecule has 0 saturated carbocycles. The summed E-state index contributed by atoms with van der Waals surface area (Å²) < 4.78 is 0. The van der Waals surface area contributed by atoms with Gasteiger partial charge in [0, 0.05) is 11.4 Å². The summed E-state index contributed by atoms with van der Waals surface area (Å²) in [7, 11) is 0. The summed E-state index contributed by atoms with van der Waals surface area (Å²) in [4.78, 5) is 0. The molecule has 1 aliphatic rings. The second-order valence-corrected chi connectivity index (χ2v) is 5.65. The standard InChI is InChI=1S/C20H19N3.2ClH/c1-13-12-16(6-11-19(13)23)20(14-2-7-17(21)8-3-14)15-4-9-18(22)10-5-15;;/h2-12,21H,22-23H2,1H3;2*1H. The normalized spacial score (nSPS) is 12.4. The topological polar surface area (TPSA) is 75.9 Å². The van der Waals surface area contributed by atoms with E-state index in [1.165, 1.54) is 0 Å². The molecule has 0 fully saturated rings. The van der Waals surface area contributed by atoms with E-state index in [1.807, 2.05) is 55.5 Å². The van der Waals surface area contributed by atoms with Crippen LogP contribution >= 0.6 is 24.8 Å². The van der Waals surface area contributed by atoms with Gasteiger partial charge in [0.15, 0.2) is 0 Å². The number of allylic oxidation sites excluding steroid dienone is 5. The summed E-state index contributed by atoms with van der Waals surface area (Å²) in [6, 6.07) is 13.9. The summed E-state index contributed by atoms with van der Waals surface area (Å²) in [5.74, 6) is 0. The van der Waals surface area contributed by atoms with Crippen molar-refractivity contribution in [1.82, 2.24) is 0 Å². The molecule has 25 heavy (non-hydrogen) atoms. The van der Waals surface area contributed by atoms with Gasteiger partial charge in [0.2, 0.25) is 0 Å². The van der Waals surface area contributed by atoms with Crippen molar-refractivity contribution in [3.63, 3.8) is 0 Å². The van der Waals surface area contributed by atoms with Gasteiger partial charge in [-0.2, -0.15) is 0 Å². The number of benzene rings is 2. The van der Waals surface area contributed by atoms with E-state index >= 15 is 0 Å². The molecule has 0 atom stereocenters. The van der Waals surface area contributed by atoms with E-state index in [1.54, 1.807) is 12.2 Å². The predicted octanol–water partition coefficient (Wildman–Crippen LogP) is 4.95. The van der Waals surface area contributed by atoms with Crippen molar-refractivity contribution < 1.29 is 0 Å². The lowest BCUT2D eigenvalue weighted by molar-refractivity contribution is 1.43.